The van der Waals surface area contributed by atoms with Crippen LogP contribution in [-0.2, 0) is 15.8 Å². The van der Waals surface area contributed by atoms with Crippen molar-refractivity contribution in [3.8, 4) is 0 Å². The Balaban J connectivity index is 2.22. The SMILES string of the molecule is CC1CCCN(S(=O)(=O)Cc2ccc(F)c(Cl)c2)C1CN. The van der Waals surface area contributed by atoms with Crippen LogP contribution in [-0.4, -0.2) is 31.9 Å². The lowest BCUT2D eigenvalue weighted by Gasteiger charge is -2.38. The Morgan fingerprint density at radius 3 is 2.81 bits per heavy atom. The number of piperidine rings is 1. The third-order valence-corrected chi connectivity index (χ3v) is 6.15. The summed E-state index contributed by atoms with van der Waals surface area (Å²) in [7, 11) is -3.49. The number of hydrogen-bond acceptors (Lipinski definition) is 3. The standard InChI is InChI=1S/C14H20ClFN2O2S/c1-10-3-2-6-18(14(10)8-17)21(19,20)9-11-4-5-13(16)12(15)7-11/h4-5,7,10,14H,2-3,6,8-9,17H2,1H3. The van der Waals surface area contributed by atoms with Crippen molar-refractivity contribution < 1.29 is 12.8 Å². The Bertz CT molecular complexity index is 609. The minimum absolute atomic E-state index is 0.0647. The summed E-state index contributed by atoms with van der Waals surface area (Å²) in [4.78, 5) is 0. The van der Waals surface area contributed by atoms with Gasteiger partial charge in [0.25, 0.3) is 0 Å². The van der Waals surface area contributed by atoms with Gasteiger partial charge >= 0.3 is 0 Å². The van der Waals surface area contributed by atoms with Crippen LogP contribution in [0.2, 0.25) is 5.02 Å². The highest BCUT2D eigenvalue weighted by atomic mass is 35.5. The molecule has 118 valence electrons. The van der Waals surface area contributed by atoms with E-state index in [0.717, 1.165) is 12.8 Å². The molecule has 2 atom stereocenters. The van der Waals surface area contributed by atoms with Gasteiger partial charge in [0.15, 0.2) is 0 Å². The van der Waals surface area contributed by atoms with Gasteiger partial charge in [-0.1, -0.05) is 24.6 Å². The lowest BCUT2D eigenvalue weighted by molar-refractivity contribution is 0.192. The molecule has 1 aromatic rings. The van der Waals surface area contributed by atoms with Gasteiger partial charge in [-0.3, -0.25) is 0 Å². The van der Waals surface area contributed by atoms with Crippen LogP contribution < -0.4 is 5.73 Å². The lowest BCUT2D eigenvalue weighted by Crippen LogP contribution is -2.51. The molecule has 0 spiro atoms. The molecule has 1 aromatic carbocycles. The van der Waals surface area contributed by atoms with Crippen molar-refractivity contribution in [2.45, 2.75) is 31.6 Å². The first-order chi connectivity index (χ1) is 9.85. The van der Waals surface area contributed by atoms with E-state index in [9.17, 15) is 12.8 Å². The second-order valence-electron chi connectivity index (χ2n) is 5.54. The van der Waals surface area contributed by atoms with Crippen molar-refractivity contribution in [1.82, 2.24) is 4.31 Å². The maximum absolute atomic E-state index is 13.1. The zero-order valence-corrected chi connectivity index (χ0v) is 13.5. The molecule has 21 heavy (non-hydrogen) atoms. The van der Waals surface area contributed by atoms with Crippen molar-refractivity contribution >= 4 is 21.6 Å². The second kappa shape index (κ2) is 6.60. The second-order valence-corrected chi connectivity index (χ2v) is 7.87. The molecular formula is C14H20ClFN2O2S. The van der Waals surface area contributed by atoms with Crippen LogP contribution in [0.25, 0.3) is 0 Å². The van der Waals surface area contributed by atoms with Gasteiger partial charge in [-0.2, -0.15) is 4.31 Å². The molecule has 7 heteroatoms. The molecule has 0 radical (unpaired) electrons. The summed E-state index contributed by atoms with van der Waals surface area (Å²) in [6.07, 6.45) is 1.82. The summed E-state index contributed by atoms with van der Waals surface area (Å²) in [5.41, 5.74) is 6.22. The lowest BCUT2D eigenvalue weighted by atomic mass is 9.93. The van der Waals surface area contributed by atoms with Gasteiger partial charge in [-0.25, -0.2) is 12.8 Å². The third-order valence-electron chi connectivity index (χ3n) is 4.00. The van der Waals surface area contributed by atoms with E-state index in [-0.39, 0.29) is 22.7 Å². The topological polar surface area (TPSA) is 63.4 Å². The highest BCUT2D eigenvalue weighted by Crippen LogP contribution is 2.27. The molecule has 0 saturated carbocycles. The Kier molecular flexibility index (Phi) is 5.24. The summed E-state index contributed by atoms with van der Waals surface area (Å²) < 4.78 is 39.8. The van der Waals surface area contributed by atoms with Crippen molar-refractivity contribution in [3.05, 3.63) is 34.6 Å². The van der Waals surface area contributed by atoms with Crippen LogP contribution in [0.4, 0.5) is 4.39 Å². The van der Waals surface area contributed by atoms with Crippen molar-refractivity contribution in [1.29, 1.82) is 0 Å². The molecule has 2 N–H and O–H groups in total. The van der Waals surface area contributed by atoms with Gasteiger partial charge in [-0.15, -0.1) is 0 Å². The molecule has 1 saturated heterocycles. The number of benzene rings is 1. The van der Waals surface area contributed by atoms with Crippen LogP contribution in [0.3, 0.4) is 0 Å². The Hall–Kier alpha value is -0.690. The maximum Gasteiger partial charge on any atom is 0.218 e. The Morgan fingerprint density at radius 2 is 2.19 bits per heavy atom. The summed E-state index contributed by atoms with van der Waals surface area (Å²) >= 11 is 5.70. The molecule has 1 heterocycles. The van der Waals surface area contributed by atoms with Crippen LogP contribution in [0.5, 0.6) is 0 Å². The Morgan fingerprint density at radius 1 is 1.48 bits per heavy atom. The van der Waals surface area contributed by atoms with E-state index in [1.807, 2.05) is 6.92 Å². The molecule has 1 fully saturated rings. The maximum atomic E-state index is 13.1. The number of sulfonamides is 1. The summed E-state index contributed by atoms with van der Waals surface area (Å²) in [6, 6.07) is 3.83. The first kappa shape index (κ1) is 16.7. The van der Waals surface area contributed by atoms with Gasteiger partial charge in [0.05, 0.1) is 10.8 Å². The molecule has 1 aliphatic heterocycles. The van der Waals surface area contributed by atoms with E-state index in [2.05, 4.69) is 0 Å². The van der Waals surface area contributed by atoms with Crippen molar-refractivity contribution in [2.24, 2.45) is 11.7 Å². The van der Waals surface area contributed by atoms with E-state index in [1.165, 1.54) is 22.5 Å². The number of hydrogen-bond donors (Lipinski definition) is 1. The van der Waals surface area contributed by atoms with Crippen LogP contribution in [0, 0.1) is 11.7 Å². The monoisotopic (exact) mass is 334 g/mol. The minimum atomic E-state index is -3.49. The molecule has 0 bridgehead atoms. The number of nitrogens with two attached hydrogens (primary N) is 1. The predicted molar refractivity (Wildman–Crippen MR) is 82.0 cm³/mol. The highest BCUT2D eigenvalue weighted by molar-refractivity contribution is 7.88. The van der Waals surface area contributed by atoms with Gasteiger partial charge in [0.2, 0.25) is 10.0 Å². The Labute approximate surface area is 130 Å². The fraction of sp³-hybridized carbons (Fsp3) is 0.571. The molecule has 1 aliphatic rings. The smallest absolute Gasteiger partial charge is 0.218 e. The molecule has 2 unspecified atom stereocenters. The van der Waals surface area contributed by atoms with Gasteiger partial charge in [0.1, 0.15) is 5.82 Å². The molecule has 0 amide bonds. The van der Waals surface area contributed by atoms with E-state index in [0.29, 0.717) is 18.7 Å². The van der Waals surface area contributed by atoms with Crippen LogP contribution in [0.15, 0.2) is 18.2 Å². The highest BCUT2D eigenvalue weighted by Gasteiger charge is 2.35. The van der Waals surface area contributed by atoms with E-state index in [4.69, 9.17) is 17.3 Å². The summed E-state index contributed by atoms with van der Waals surface area (Å²) in [6.45, 7) is 2.82. The average Bonchev–Trinajstić information content (AvgIpc) is 2.42. The fourth-order valence-electron chi connectivity index (χ4n) is 2.83. The zero-order chi connectivity index (χ0) is 15.6. The van der Waals surface area contributed by atoms with E-state index < -0.39 is 15.8 Å². The van der Waals surface area contributed by atoms with Gasteiger partial charge in [-0.05, 0) is 36.5 Å². The minimum Gasteiger partial charge on any atom is -0.329 e. The third kappa shape index (κ3) is 3.74. The van der Waals surface area contributed by atoms with Crippen LogP contribution >= 0.6 is 11.6 Å². The first-order valence-electron chi connectivity index (χ1n) is 6.98. The molecule has 2 rings (SSSR count). The zero-order valence-electron chi connectivity index (χ0n) is 11.9. The van der Waals surface area contributed by atoms with E-state index >= 15 is 0 Å². The quantitative estimate of drug-likeness (QED) is 0.919. The molecule has 0 aliphatic carbocycles. The average molecular weight is 335 g/mol. The van der Waals surface area contributed by atoms with E-state index in [1.54, 1.807) is 0 Å². The first-order valence-corrected chi connectivity index (χ1v) is 8.97. The predicted octanol–water partition coefficient (Wildman–Crippen LogP) is 2.37. The fourth-order valence-corrected chi connectivity index (χ4v) is 4.91. The van der Waals surface area contributed by atoms with Crippen molar-refractivity contribution in [3.63, 3.8) is 0 Å². The normalized spacial score (nSPS) is 24.2. The molecular weight excluding hydrogens is 315 g/mol. The molecule has 0 aromatic heterocycles. The summed E-state index contributed by atoms with van der Waals surface area (Å²) in [5.74, 6) is -0.490. The van der Waals surface area contributed by atoms with Gasteiger partial charge < -0.3 is 5.73 Å². The summed E-state index contributed by atoms with van der Waals surface area (Å²) in [5, 5.41) is -0.0647. The van der Waals surface area contributed by atoms with Gasteiger partial charge in [0, 0.05) is 19.1 Å². The number of rotatable bonds is 4. The molecule has 4 nitrogen and oxygen atoms in total. The number of halogens is 2. The largest absolute Gasteiger partial charge is 0.329 e. The number of nitrogens with zero attached hydrogens (tertiary/aromatic N) is 1. The van der Waals surface area contributed by atoms with Crippen molar-refractivity contribution in [2.75, 3.05) is 13.1 Å². The van der Waals surface area contributed by atoms with Crippen LogP contribution in [0.1, 0.15) is 25.3 Å².